The summed E-state index contributed by atoms with van der Waals surface area (Å²) in [6.07, 6.45) is 0.725. The van der Waals surface area contributed by atoms with E-state index in [4.69, 9.17) is 15.4 Å². The van der Waals surface area contributed by atoms with Gasteiger partial charge in [0.05, 0.1) is 25.3 Å². The molecule has 0 saturated heterocycles. The maximum atomic E-state index is 5.30. The number of aryl methyl sites for hydroxylation is 1. The lowest BCUT2D eigenvalue weighted by molar-refractivity contribution is 0.141. The number of hydrogen-bond donors (Lipinski definition) is 1. The van der Waals surface area contributed by atoms with E-state index in [1.54, 1.807) is 14.2 Å². The van der Waals surface area contributed by atoms with Crippen LogP contribution < -0.4 is 15.4 Å². The smallest absolute Gasteiger partial charge is 0.175 e. The molecule has 0 unspecified atom stereocenters. The summed E-state index contributed by atoms with van der Waals surface area (Å²) >= 11 is 3.51. The quantitative estimate of drug-likeness (QED) is 0.845. The van der Waals surface area contributed by atoms with Crippen LogP contribution in [-0.4, -0.2) is 20.8 Å². The number of rotatable bonds is 5. The third kappa shape index (κ3) is 2.66. The van der Waals surface area contributed by atoms with E-state index in [0.29, 0.717) is 18.1 Å². The van der Waals surface area contributed by atoms with Crippen molar-refractivity contribution in [3.05, 3.63) is 21.7 Å². The molecule has 0 fully saturated rings. The van der Waals surface area contributed by atoms with Crippen LogP contribution in [-0.2, 0) is 11.3 Å². The molecule has 0 bridgehead atoms. The standard InChI is InChI=1S/C11H16BrNO3/c1-7-6-9(14-2)11(15-3)10(12)8(7)4-5-16-13/h6H,4-5,13H2,1-3H3. The second-order valence-corrected chi connectivity index (χ2v) is 4.14. The van der Waals surface area contributed by atoms with Gasteiger partial charge in [0.2, 0.25) is 0 Å². The number of ether oxygens (including phenoxy) is 2. The molecule has 0 radical (unpaired) electrons. The normalized spacial score (nSPS) is 10.3. The molecule has 4 nitrogen and oxygen atoms in total. The molecule has 0 aliphatic rings. The predicted molar refractivity (Wildman–Crippen MR) is 65.8 cm³/mol. The van der Waals surface area contributed by atoms with Gasteiger partial charge in [-0.3, -0.25) is 0 Å². The zero-order chi connectivity index (χ0) is 12.1. The van der Waals surface area contributed by atoms with E-state index in [9.17, 15) is 0 Å². The first kappa shape index (κ1) is 13.3. The molecule has 2 N–H and O–H groups in total. The molecule has 0 aliphatic carbocycles. The lowest BCUT2D eigenvalue weighted by Crippen LogP contribution is -2.06. The van der Waals surface area contributed by atoms with Gasteiger partial charge in [-0.15, -0.1) is 0 Å². The fourth-order valence-corrected chi connectivity index (χ4v) is 2.45. The van der Waals surface area contributed by atoms with Crippen molar-refractivity contribution in [2.45, 2.75) is 13.3 Å². The molecule has 90 valence electrons. The van der Waals surface area contributed by atoms with Crippen molar-refractivity contribution in [1.29, 1.82) is 0 Å². The van der Waals surface area contributed by atoms with Crippen LogP contribution in [0.25, 0.3) is 0 Å². The molecule has 1 aromatic carbocycles. The Balaban J connectivity index is 3.18. The number of benzene rings is 1. The molecule has 0 saturated carbocycles. The third-order valence-electron chi connectivity index (χ3n) is 2.41. The molecule has 1 aromatic rings. The van der Waals surface area contributed by atoms with E-state index < -0.39 is 0 Å². The molecular formula is C11H16BrNO3. The second kappa shape index (κ2) is 6.08. The monoisotopic (exact) mass is 289 g/mol. The average Bonchev–Trinajstić information content (AvgIpc) is 2.28. The topological polar surface area (TPSA) is 53.7 Å². The highest BCUT2D eigenvalue weighted by atomic mass is 79.9. The SMILES string of the molecule is COc1cc(C)c(CCON)c(Br)c1OC. The molecular weight excluding hydrogens is 274 g/mol. The maximum absolute atomic E-state index is 5.30. The van der Waals surface area contributed by atoms with E-state index in [-0.39, 0.29) is 0 Å². The van der Waals surface area contributed by atoms with Gasteiger partial charge in [-0.05, 0) is 46.5 Å². The Morgan fingerprint density at radius 2 is 2.00 bits per heavy atom. The Hall–Kier alpha value is -0.780. The summed E-state index contributed by atoms with van der Waals surface area (Å²) in [7, 11) is 3.23. The largest absolute Gasteiger partial charge is 0.493 e. The molecule has 0 aliphatic heterocycles. The molecule has 0 heterocycles. The predicted octanol–water partition coefficient (Wildman–Crippen LogP) is 2.21. The summed E-state index contributed by atoms with van der Waals surface area (Å²) in [5.74, 6) is 6.44. The zero-order valence-electron chi connectivity index (χ0n) is 9.67. The van der Waals surface area contributed by atoms with Gasteiger partial charge in [-0.1, -0.05) is 0 Å². The molecule has 0 atom stereocenters. The van der Waals surface area contributed by atoms with Crippen LogP contribution in [0.4, 0.5) is 0 Å². The highest BCUT2D eigenvalue weighted by molar-refractivity contribution is 9.10. The number of hydrogen-bond acceptors (Lipinski definition) is 4. The minimum atomic E-state index is 0.467. The Kier molecular flexibility index (Phi) is 5.05. The highest BCUT2D eigenvalue weighted by Gasteiger charge is 2.15. The summed E-state index contributed by atoms with van der Waals surface area (Å²) in [6, 6.07) is 1.94. The van der Waals surface area contributed by atoms with Crippen LogP contribution in [0.15, 0.2) is 10.5 Å². The van der Waals surface area contributed by atoms with Crippen molar-refractivity contribution in [3.8, 4) is 11.5 Å². The molecule has 5 heteroatoms. The van der Waals surface area contributed by atoms with Gasteiger partial charge < -0.3 is 14.3 Å². The van der Waals surface area contributed by atoms with Crippen LogP contribution in [0.2, 0.25) is 0 Å². The zero-order valence-corrected chi connectivity index (χ0v) is 11.3. The van der Waals surface area contributed by atoms with Crippen molar-refractivity contribution >= 4 is 15.9 Å². The Bertz CT molecular complexity index is 369. The summed E-state index contributed by atoms with van der Waals surface area (Å²) in [5, 5.41) is 0. The fourth-order valence-electron chi connectivity index (χ4n) is 1.58. The van der Waals surface area contributed by atoms with E-state index >= 15 is 0 Å². The minimum absolute atomic E-state index is 0.467. The highest BCUT2D eigenvalue weighted by Crippen LogP contribution is 2.39. The van der Waals surface area contributed by atoms with Gasteiger partial charge in [-0.2, -0.15) is 0 Å². The average molecular weight is 290 g/mol. The van der Waals surface area contributed by atoms with Crippen molar-refractivity contribution in [2.75, 3.05) is 20.8 Å². The second-order valence-electron chi connectivity index (χ2n) is 3.34. The van der Waals surface area contributed by atoms with Gasteiger partial charge in [0.15, 0.2) is 11.5 Å². The van der Waals surface area contributed by atoms with Crippen LogP contribution in [0.5, 0.6) is 11.5 Å². The first-order valence-electron chi connectivity index (χ1n) is 4.87. The van der Waals surface area contributed by atoms with Crippen molar-refractivity contribution in [2.24, 2.45) is 5.90 Å². The molecule has 1 rings (SSSR count). The fraction of sp³-hybridized carbons (Fsp3) is 0.455. The van der Waals surface area contributed by atoms with Crippen molar-refractivity contribution in [3.63, 3.8) is 0 Å². The van der Waals surface area contributed by atoms with Crippen LogP contribution in [0.1, 0.15) is 11.1 Å². The first-order valence-corrected chi connectivity index (χ1v) is 5.66. The molecule has 0 aromatic heterocycles. The van der Waals surface area contributed by atoms with Crippen molar-refractivity contribution in [1.82, 2.24) is 0 Å². The maximum Gasteiger partial charge on any atom is 0.175 e. The number of nitrogens with two attached hydrogens (primary N) is 1. The molecule has 16 heavy (non-hydrogen) atoms. The lowest BCUT2D eigenvalue weighted by atomic mass is 10.1. The van der Waals surface area contributed by atoms with Crippen molar-refractivity contribution < 1.29 is 14.3 Å². The third-order valence-corrected chi connectivity index (χ3v) is 3.24. The van der Waals surface area contributed by atoms with Gasteiger partial charge in [0.1, 0.15) is 0 Å². The van der Waals surface area contributed by atoms with Crippen LogP contribution >= 0.6 is 15.9 Å². The van der Waals surface area contributed by atoms with Gasteiger partial charge >= 0.3 is 0 Å². The van der Waals surface area contributed by atoms with Crippen LogP contribution in [0.3, 0.4) is 0 Å². The van der Waals surface area contributed by atoms with E-state index in [0.717, 1.165) is 22.0 Å². The Labute approximate surface area is 104 Å². The summed E-state index contributed by atoms with van der Waals surface area (Å²) in [6.45, 7) is 2.48. The number of methoxy groups -OCH3 is 2. The van der Waals surface area contributed by atoms with Gasteiger partial charge in [0.25, 0.3) is 0 Å². The van der Waals surface area contributed by atoms with Crippen LogP contribution in [0, 0.1) is 6.92 Å². The van der Waals surface area contributed by atoms with Gasteiger partial charge in [-0.25, -0.2) is 5.90 Å². The first-order chi connectivity index (χ1) is 7.65. The minimum Gasteiger partial charge on any atom is -0.493 e. The Morgan fingerprint density at radius 1 is 1.31 bits per heavy atom. The molecule has 0 amide bonds. The summed E-state index contributed by atoms with van der Waals surface area (Å²) in [5.41, 5.74) is 2.23. The van der Waals surface area contributed by atoms with E-state index in [1.165, 1.54) is 0 Å². The van der Waals surface area contributed by atoms with E-state index in [1.807, 2.05) is 13.0 Å². The Morgan fingerprint density at radius 3 is 2.50 bits per heavy atom. The molecule has 0 spiro atoms. The van der Waals surface area contributed by atoms with E-state index in [2.05, 4.69) is 20.8 Å². The number of halogens is 1. The lowest BCUT2D eigenvalue weighted by Gasteiger charge is -2.15. The summed E-state index contributed by atoms with van der Waals surface area (Å²) in [4.78, 5) is 4.59. The van der Waals surface area contributed by atoms with Gasteiger partial charge in [0, 0.05) is 0 Å². The summed E-state index contributed by atoms with van der Waals surface area (Å²) < 4.78 is 11.4.